The van der Waals surface area contributed by atoms with E-state index in [1.165, 1.54) is 0 Å². The molecule has 6 nitrogen and oxygen atoms in total. The summed E-state index contributed by atoms with van der Waals surface area (Å²) in [5.74, 6) is 0.958. The molecule has 4 rings (SSSR count). The molecular weight excluding hydrogens is 338 g/mol. The molecule has 1 saturated heterocycles. The number of fused-ring (bicyclic) bond motifs is 1. The minimum Gasteiger partial charge on any atom is -0.475 e. The summed E-state index contributed by atoms with van der Waals surface area (Å²) in [6.07, 6.45) is 4.57. The highest BCUT2D eigenvalue weighted by atomic mass is 35.5. The van der Waals surface area contributed by atoms with Crippen molar-refractivity contribution in [1.82, 2.24) is 19.7 Å². The number of halogens is 1. The Morgan fingerprint density at radius 2 is 2.20 bits per heavy atom. The summed E-state index contributed by atoms with van der Waals surface area (Å²) in [5.41, 5.74) is 2.63. The van der Waals surface area contributed by atoms with Crippen LogP contribution in [0.4, 0.5) is 5.69 Å². The van der Waals surface area contributed by atoms with Crippen molar-refractivity contribution in [2.75, 3.05) is 19.7 Å². The van der Waals surface area contributed by atoms with Gasteiger partial charge in [0, 0.05) is 30.4 Å². The Morgan fingerprint density at radius 1 is 1.36 bits per heavy atom. The van der Waals surface area contributed by atoms with E-state index in [1.54, 1.807) is 28.9 Å². The highest BCUT2D eigenvalue weighted by Crippen LogP contribution is 2.32. The molecule has 1 aliphatic heterocycles. The Kier molecular flexibility index (Phi) is 4.26. The van der Waals surface area contributed by atoms with Gasteiger partial charge in [-0.1, -0.05) is 35.9 Å². The number of hydrogen-bond acceptors (Lipinski definition) is 4. The maximum absolute atomic E-state index is 7.06. The van der Waals surface area contributed by atoms with Crippen molar-refractivity contribution in [3.8, 4) is 17.1 Å². The Bertz CT molecular complexity index is 938. The van der Waals surface area contributed by atoms with Crippen molar-refractivity contribution in [1.29, 1.82) is 0 Å². The van der Waals surface area contributed by atoms with Crippen molar-refractivity contribution in [2.24, 2.45) is 5.92 Å². The van der Waals surface area contributed by atoms with Crippen LogP contribution in [0.1, 0.15) is 6.42 Å². The standard InChI is InChI=1S/C18H16ClN5O/c1-20-14-4-2-13(3-5-14)15-16(19)24-9-8-22-17(24)18(23-15)25-11-12-6-7-21-10-12/h2-5,8-9,12,21H,6-7,10-11H2/t12-/m1/s1. The van der Waals surface area contributed by atoms with Crippen LogP contribution in [-0.4, -0.2) is 34.1 Å². The van der Waals surface area contributed by atoms with Crippen molar-refractivity contribution in [3.05, 3.63) is 53.2 Å². The summed E-state index contributed by atoms with van der Waals surface area (Å²) in [6, 6.07) is 7.19. The predicted octanol–water partition coefficient (Wildman–Crippen LogP) is 3.59. The molecule has 1 fully saturated rings. The first kappa shape index (κ1) is 15.9. The average Bonchev–Trinajstić information content (AvgIpc) is 3.33. The highest BCUT2D eigenvalue weighted by molar-refractivity contribution is 6.32. The third-order valence-corrected chi connectivity index (χ3v) is 4.70. The minimum atomic E-state index is 0.470. The molecule has 25 heavy (non-hydrogen) atoms. The van der Waals surface area contributed by atoms with Crippen LogP contribution in [0.25, 0.3) is 21.7 Å². The van der Waals surface area contributed by atoms with E-state index in [2.05, 4.69) is 20.1 Å². The van der Waals surface area contributed by atoms with Gasteiger partial charge in [0.25, 0.3) is 5.88 Å². The number of benzene rings is 1. The smallest absolute Gasteiger partial charge is 0.259 e. The Morgan fingerprint density at radius 3 is 2.92 bits per heavy atom. The van der Waals surface area contributed by atoms with Crippen molar-refractivity contribution >= 4 is 22.9 Å². The molecular formula is C18H16ClN5O. The zero-order chi connectivity index (χ0) is 17.2. The first-order valence-corrected chi connectivity index (χ1v) is 8.48. The molecule has 0 unspecified atom stereocenters. The quantitative estimate of drug-likeness (QED) is 0.728. The third kappa shape index (κ3) is 3.04. The van der Waals surface area contributed by atoms with Gasteiger partial charge in [-0.3, -0.25) is 4.40 Å². The molecule has 0 spiro atoms. The number of aromatic nitrogens is 3. The van der Waals surface area contributed by atoms with E-state index in [0.29, 0.717) is 40.6 Å². The largest absolute Gasteiger partial charge is 0.475 e. The Balaban J connectivity index is 1.73. The zero-order valence-corrected chi connectivity index (χ0v) is 14.2. The number of ether oxygens (including phenoxy) is 1. The lowest BCUT2D eigenvalue weighted by Crippen LogP contribution is -2.16. The molecule has 7 heteroatoms. The van der Waals surface area contributed by atoms with Crippen LogP contribution in [0.2, 0.25) is 5.15 Å². The number of nitrogens with one attached hydrogen (secondary N) is 1. The fraction of sp³-hybridized carbons (Fsp3) is 0.278. The number of hydrogen-bond donors (Lipinski definition) is 1. The van der Waals surface area contributed by atoms with E-state index in [1.807, 2.05) is 12.1 Å². The Labute approximate surface area is 150 Å². The molecule has 2 aromatic heterocycles. The predicted molar refractivity (Wildman–Crippen MR) is 96.2 cm³/mol. The van der Waals surface area contributed by atoms with Gasteiger partial charge >= 0.3 is 0 Å². The van der Waals surface area contributed by atoms with E-state index < -0.39 is 0 Å². The number of rotatable bonds is 4. The van der Waals surface area contributed by atoms with Crippen LogP contribution in [0.5, 0.6) is 5.88 Å². The lowest BCUT2D eigenvalue weighted by atomic mass is 10.1. The van der Waals surface area contributed by atoms with Crippen LogP contribution >= 0.6 is 11.6 Å². The summed E-state index contributed by atoms with van der Waals surface area (Å²) < 4.78 is 7.75. The van der Waals surface area contributed by atoms with Gasteiger partial charge in [-0.15, -0.1) is 0 Å². The second-order valence-corrected chi connectivity index (χ2v) is 6.36. The molecule has 1 aliphatic rings. The maximum atomic E-state index is 7.06. The van der Waals surface area contributed by atoms with E-state index >= 15 is 0 Å². The van der Waals surface area contributed by atoms with Crippen molar-refractivity contribution < 1.29 is 4.74 Å². The normalized spacial score (nSPS) is 16.9. The van der Waals surface area contributed by atoms with Gasteiger partial charge in [0.05, 0.1) is 13.2 Å². The van der Waals surface area contributed by atoms with E-state index in [0.717, 1.165) is 25.1 Å². The Hall–Kier alpha value is -2.62. The van der Waals surface area contributed by atoms with E-state index in [-0.39, 0.29) is 0 Å². The SMILES string of the molecule is [C-]#[N+]c1ccc(-c2nc(OC[C@@H]3CCNC3)c3nccn3c2Cl)cc1. The monoisotopic (exact) mass is 353 g/mol. The number of nitrogens with zero attached hydrogens (tertiary/aromatic N) is 4. The fourth-order valence-corrected chi connectivity index (χ4v) is 3.25. The molecule has 0 saturated carbocycles. The highest BCUT2D eigenvalue weighted by Gasteiger charge is 2.19. The minimum absolute atomic E-state index is 0.470. The molecule has 0 amide bonds. The molecule has 3 heterocycles. The summed E-state index contributed by atoms with van der Waals surface area (Å²) in [6.45, 7) is 9.65. The summed E-state index contributed by atoms with van der Waals surface area (Å²) in [7, 11) is 0. The van der Waals surface area contributed by atoms with Crippen LogP contribution < -0.4 is 10.1 Å². The topological polar surface area (TPSA) is 55.8 Å². The first-order chi connectivity index (χ1) is 12.3. The van der Waals surface area contributed by atoms with Gasteiger partial charge in [-0.05, 0) is 13.0 Å². The molecule has 0 bridgehead atoms. The van der Waals surface area contributed by atoms with Gasteiger partial charge < -0.3 is 10.1 Å². The van der Waals surface area contributed by atoms with E-state index in [9.17, 15) is 0 Å². The molecule has 126 valence electrons. The molecule has 3 aromatic rings. The van der Waals surface area contributed by atoms with Crippen LogP contribution in [0, 0.1) is 12.5 Å². The molecule has 0 radical (unpaired) electrons. The van der Waals surface area contributed by atoms with E-state index in [4.69, 9.17) is 22.9 Å². The zero-order valence-electron chi connectivity index (χ0n) is 13.4. The van der Waals surface area contributed by atoms with Gasteiger partial charge in [0.15, 0.2) is 5.69 Å². The van der Waals surface area contributed by atoms with Crippen molar-refractivity contribution in [2.45, 2.75) is 6.42 Å². The first-order valence-electron chi connectivity index (χ1n) is 8.10. The maximum Gasteiger partial charge on any atom is 0.259 e. The lowest BCUT2D eigenvalue weighted by molar-refractivity contribution is 0.253. The second kappa shape index (κ2) is 6.71. The molecule has 0 aliphatic carbocycles. The average molecular weight is 354 g/mol. The number of imidazole rings is 1. The fourth-order valence-electron chi connectivity index (χ4n) is 2.96. The molecule has 1 aromatic carbocycles. The summed E-state index contributed by atoms with van der Waals surface area (Å²) in [5, 5.41) is 3.80. The molecule has 1 N–H and O–H groups in total. The van der Waals surface area contributed by atoms with Gasteiger partial charge in [0.2, 0.25) is 5.65 Å². The van der Waals surface area contributed by atoms with Crippen LogP contribution in [0.3, 0.4) is 0 Å². The van der Waals surface area contributed by atoms with Crippen LogP contribution in [-0.2, 0) is 0 Å². The van der Waals surface area contributed by atoms with Gasteiger partial charge in [-0.2, -0.15) is 0 Å². The lowest BCUT2D eigenvalue weighted by Gasteiger charge is -2.13. The van der Waals surface area contributed by atoms with Crippen LogP contribution in [0.15, 0.2) is 36.7 Å². The van der Waals surface area contributed by atoms with Crippen molar-refractivity contribution in [3.63, 3.8) is 0 Å². The summed E-state index contributed by atoms with van der Waals surface area (Å²) >= 11 is 6.52. The van der Waals surface area contributed by atoms with Gasteiger partial charge in [0.1, 0.15) is 10.8 Å². The summed E-state index contributed by atoms with van der Waals surface area (Å²) in [4.78, 5) is 12.4. The third-order valence-electron chi connectivity index (χ3n) is 4.34. The molecule has 1 atom stereocenters. The van der Waals surface area contributed by atoms with Gasteiger partial charge in [-0.25, -0.2) is 14.8 Å². The second-order valence-electron chi connectivity index (χ2n) is 6.01.